The van der Waals surface area contributed by atoms with Crippen molar-refractivity contribution in [1.82, 2.24) is 10.9 Å². The number of hydrogen-bond donors (Lipinski definition) is 3. The van der Waals surface area contributed by atoms with Crippen molar-refractivity contribution >= 4 is 18.0 Å². The Kier molecular flexibility index (Phi) is 5.76. The van der Waals surface area contributed by atoms with E-state index in [0.717, 1.165) is 12.0 Å². The van der Waals surface area contributed by atoms with E-state index in [1.54, 1.807) is 11.7 Å². The number of hydrazone groups is 1. The van der Waals surface area contributed by atoms with E-state index in [9.17, 15) is 9.59 Å². The van der Waals surface area contributed by atoms with Crippen molar-refractivity contribution in [2.45, 2.75) is 32.1 Å². The smallest absolute Gasteiger partial charge is 0.243 e. The summed E-state index contributed by atoms with van der Waals surface area (Å²) in [5, 5.41) is 12.4. The number of unbranched alkanes of at least 4 members (excludes halogenated alkanes) is 1. The van der Waals surface area contributed by atoms with Gasteiger partial charge < -0.3 is 0 Å². The summed E-state index contributed by atoms with van der Waals surface area (Å²) in [5.74, 6) is -0.638. The van der Waals surface area contributed by atoms with Gasteiger partial charge in [0.25, 0.3) is 0 Å². The van der Waals surface area contributed by atoms with Gasteiger partial charge in [0.15, 0.2) is 0 Å². The van der Waals surface area contributed by atoms with Crippen LogP contribution in [0.25, 0.3) is 11.1 Å². The van der Waals surface area contributed by atoms with Gasteiger partial charge in [-0.2, -0.15) is 5.10 Å². The minimum atomic E-state index is -0.442. The normalized spacial score (nSPS) is 11.9. The van der Waals surface area contributed by atoms with Crippen LogP contribution in [0.5, 0.6) is 0 Å². The molecule has 0 atom stereocenters. The van der Waals surface area contributed by atoms with Crippen LogP contribution in [0.1, 0.15) is 42.4 Å². The third-order valence-electron chi connectivity index (χ3n) is 4.40. The average molecular weight is 351 g/mol. The fourth-order valence-corrected chi connectivity index (χ4v) is 3.11. The van der Waals surface area contributed by atoms with Crippen LogP contribution in [-0.4, -0.2) is 23.2 Å². The zero-order chi connectivity index (χ0) is 18.4. The maximum atomic E-state index is 11.7. The predicted octanol–water partition coefficient (Wildman–Crippen LogP) is 2.77. The summed E-state index contributed by atoms with van der Waals surface area (Å²) >= 11 is 0. The Bertz CT molecular complexity index is 846. The number of fused-ring (bicyclic) bond motifs is 3. The van der Waals surface area contributed by atoms with Crippen LogP contribution in [0.15, 0.2) is 47.6 Å². The van der Waals surface area contributed by atoms with Crippen LogP contribution < -0.4 is 10.9 Å². The molecule has 0 unspecified atom stereocenters. The topological polar surface area (TPSA) is 90.8 Å². The number of amides is 2. The Morgan fingerprint density at radius 2 is 1.73 bits per heavy atom. The largest absolute Gasteiger partial charge is 0.289 e. The van der Waals surface area contributed by atoms with Gasteiger partial charge in [-0.05, 0) is 53.1 Å². The molecule has 0 radical (unpaired) electrons. The predicted molar refractivity (Wildman–Crippen MR) is 98.8 cm³/mol. The van der Waals surface area contributed by atoms with Crippen molar-refractivity contribution in [1.29, 1.82) is 0 Å². The molecule has 1 aliphatic carbocycles. The Labute approximate surface area is 151 Å². The molecule has 0 heterocycles. The molecule has 0 bridgehead atoms. The van der Waals surface area contributed by atoms with Gasteiger partial charge in [-0.1, -0.05) is 36.4 Å². The Hall–Kier alpha value is -2.99. The van der Waals surface area contributed by atoms with Crippen LogP contribution >= 0.6 is 0 Å². The number of nitrogens with one attached hydrogen (secondary N) is 2. The van der Waals surface area contributed by atoms with Gasteiger partial charge >= 0.3 is 0 Å². The summed E-state index contributed by atoms with van der Waals surface area (Å²) < 4.78 is 0. The van der Waals surface area contributed by atoms with Crippen LogP contribution in [0.3, 0.4) is 0 Å². The number of hydrogen-bond acceptors (Lipinski definition) is 4. The molecular formula is C20H21N3O3. The van der Waals surface area contributed by atoms with Gasteiger partial charge in [0.2, 0.25) is 11.8 Å². The molecule has 2 aromatic rings. The molecule has 3 rings (SSSR count). The zero-order valence-electron chi connectivity index (χ0n) is 14.4. The summed E-state index contributed by atoms with van der Waals surface area (Å²) in [6, 6.07) is 14.6. The van der Waals surface area contributed by atoms with Crippen molar-refractivity contribution in [3.8, 4) is 11.1 Å². The Balaban J connectivity index is 1.48. The van der Waals surface area contributed by atoms with E-state index in [2.05, 4.69) is 46.9 Å². The first kappa shape index (κ1) is 17.8. The van der Waals surface area contributed by atoms with Crippen molar-refractivity contribution in [2.75, 3.05) is 0 Å². The number of benzene rings is 2. The molecule has 0 aromatic heterocycles. The van der Waals surface area contributed by atoms with E-state index >= 15 is 0 Å². The number of rotatable bonds is 7. The quantitative estimate of drug-likeness (QED) is 0.265. The second kappa shape index (κ2) is 8.40. The molecule has 0 aliphatic heterocycles. The highest BCUT2D eigenvalue weighted by atomic mass is 16.5. The van der Waals surface area contributed by atoms with E-state index in [1.807, 2.05) is 6.07 Å². The van der Waals surface area contributed by atoms with Gasteiger partial charge in [-0.3, -0.25) is 14.8 Å². The maximum Gasteiger partial charge on any atom is 0.243 e. The number of carbonyl (C=O) groups excluding carboxylic acids is 2. The lowest BCUT2D eigenvalue weighted by Crippen LogP contribution is -2.19. The molecule has 0 spiro atoms. The Morgan fingerprint density at radius 1 is 1.00 bits per heavy atom. The highest BCUT2D eigenvalue weighted by Crippen LogP contribution is 2.36. The van der Waals surface area contributed by atoms with Crippen LogP contribution in [0, 0.1) is 0 Å². The zero-order valence-corrected chi connectivity index (χ0v) is 14.4. The highest BCUT2D eigenvalue weighted by molar-refractivity contribution is 5.86. The summed E-state index contributed by atoms with van der Waals surface area (Å²) in [6.07, 6.45) is 4.14. The monoisotopic (exact) mass is 351 g/mol. The van der Waals surface area contributed by atoms with E-state index in [1.165, 1.54) is 22.3 Å². The van der Waals surface area contributed by atoms with Crippen LogP contribution in [0.2, 0.25) is 0 Å². The molecule has 0 saturated heterocycles. The van der Waals surface area contributed by atoms with Gasteiger partial charge in [0.1, 0.15) is 0 Å². The molecular weight excluding hydrogens is 330 g/mol. The molecule has 0 fully saturated rings. The molecule has 26 heavy (non-hydrogen) atoms. The molecule has 1 aliphatic rings. The Morgan fingerprint density at radius 3 is 2.54 bits per heavy atom. The molecule has 6 nitrogen and oxygen atoms in total. The maximum absolute atomic E-state index is 11.7. The molecule has 0 saturated carbocycles. The van der Waals surface area contributed by atoms with Gasteiger partial charge in [0.05, 0.1) is 6.21 Å². The average Bonchev–Trinajstić information content (AvgIpc) is 3.02. The lowest BCUT2D eigenvalue weighted by atomic mass is 10.0. The third kappa shape index (κ3) is 4.34. The van der Waals surface area contributed by atoms with E-state index < -0.39 is 5.91 Å². The van der Waals surface area contributed by atoms with Crippen molar-refractivity contribution in [3.63, 3.8) is 0 Å². The fourth-order valence-electron chi connectivity index (χ4n) is 3.11. The molecule has 2 amide bonds. The molecule has 134 valence electrons. The molecule has 3 N–H and O–H groups in total. The van der Waals surface area contributed by atoms with E-state index in [0.29, 0.717) is 12.8 Å². The lowest BCUT2D eigenvalue weighted by molar-refractivity contribution is -0.129. The minimum Gasteiger partial charge on any atom is -0.289 e. The lowest BCUT2D eigenvalue weighted by Gasteiger charge is -2.02. The molecule has 2 aromatic carbocycles. The number of hydroxylamine groups is 1. The number of carbonyl (C=O) groups is 2. The summed E-state index contributed by atoms with van der Waals surface area (Å²) in [7, 11) is 0. The second-order valence-electron chi connectivity index (χ2n) is 6.29. The molecule has 6 heteroatoms. The van der Waals surface area contributed by atoms with Crippen molar-refractivity contribution < 1.29 is 14.8 Å². The van der Waals surface area contributed by atoms with Crippen molar-refractivity contribution in [3.05, 3.63) is 59.2 Å². The minimum absolute atomic E-state index is 0.195. The SMILES string of the molecule is O=C(CCCCC(=O)N/N=C\c1ccc2c(c1)Cc1ccccc1-2)NO. The van der Waals surface area contributed by atoms with Gasteiger partial charge in [-0.25, -0.2) is 10.9 Å². The van der Waals surface area contributed by atoms with E-state index in [4.69, 9.17) is 5.21 Å². The van der Waals surface area contributed by atoms with Gasteiger partial charge in [-0.15, -0.1) is 0 Å². The fraction of sp³-hybridized carbons (Fsp3) is 0.250. The first-order valence-electron chi connectivity index (χ1n) is 8.63. The number of nitrogens with zero attached hydrogens (tertiary/aromatic N) is 1. The van der Waals surface area contributed by atoms with E-state index in [-0.39, 0.29) is 18.7 Å². The van der Waals surface area contributed by atoms with Gasteiger partial charge in [0, 0.05) is 12.8 Å². The third-order valence-corrected chi connectivity index (χ3v) is 4.40. The second-order valence-corrected chi connectivity index (χ2v) is 6.29. The summed E-state index contributed by atoms with van der Waals surface area (Å²) in [4.78, 5) is 22.6. The van der Waals surface area contributed by atoms with Crippen LogP contribution in [-0.2, 0) is 16.0 Å². The standard InChI is InChI=1S/C20H21N3O3/c24-19(7-3-4-8-20(25)23-26)22-21-13-14-9-10-18-16(11-14)12-15-5-1-2-6-17(15)18/h1-2,5-6,9-11,13,26H,3-4,7-8,12H2,(H,22,24)(H,23,25)/b21-13-. The summed E-state index contributed by atoms with van der Waals surface area (Å²) in [6.45, 7) is 0. The highest BCUT2D eigenvalue weighted by Gasteiger charge is 2.17. The van der Waals surface area contributed by atoms with Crippen LogP contribution in [0.4, 0.5) is 0 Å². The first-order valence-corrected chi connectivity index (χ1v) is 8.63. The first-order chi connectivity index (χ1) is 12.7. The van der Waals surface area contributed by atoms with Crippen molar-refractivity contribution in [2.24, 2.45) is 5.10 Å². The summed E-state index contributed by atoms with van der Waals surface area (Å²) in [5.41, 5.74) is 10.2.